The molecular weight excluding hydrogens is 399 g/mol. The molecule has 0 radical (unpaired) electrons. The highest BCUT2D eigenvalue weighted by molar-refractivity contribution is 7.91. The summed E-state index contributed by atoms with van der Waals surface area (Å²) in [5.74, 6) is -0.757. The fourth-order valence-electron chi connectivity index (χ4n) is 2.40. The molecule has 0 saturated carbocycles. The van der Waals surface area contributed by atoms with E-state index in [4.69, 9.17) is 11.6 Å². The van der Waals surface area contributed by atoms with Gasteiger partial charge in [0.1, 0.15) is 10.0 Å². The maximum atomic E-state index is 13.1. The molecule has 0 aliphatic heterocycles. The zero-order chi connectivity index (χ0) is 19.5. The number of amides is 1. The Labute approximate surface area is 161 Å². The van der Waals surface area contributed by atoms with Gasteiger partial charge in [-0.1, -0.05) is 37.6 Å². The number of hydrogen-bond donors (Lipinski definition) is 1. The first-order valence-electron chi connectivity index (χ1n) is 7.87. The van der Waals surface area contributed by atoms with Gasteiger partial charge in [0, 0.05) is 7.05 Å². The third kappa shape index (κ3) is 5.03. The van der Waals surface area contributed by atoms with Crippen molar-refractivity contribution in [1.29, 1.82) is 0 Å². The number of benzene rings is 1. The van der Waals surface area contributed by atoms with Gasteiger partial charge in [-0.05, 0) is 35.7 Å². The van der Waals surface area contributed by atoms with Gasteiger partial charge < -0.3 is 5.32 Å². The maximum absolute atomic E-state index is 13.1. The third-order valence-electron chi connectivity index (χ3n) is 3.79. The number of sulfonamides is 1. The highest BCUT2D eigenvalue weighted by Crippen LogP contribution is 2.27. The Morgan fingerprint density at radius 3 is 2.35 bits per heavy atom. The first-order valence-corrected chi connectivity index (χ1v) is 10.5. The van der Waals surface area contributed by atoms with Crippen LogP contribution in [-0.4, -0.2) is 32.2 Å². The summed E-state index contributed by atoms with van der Waals surface area (Å²) in [5.41, 5.74) is 0.755. The van der Waals surface area contributed by atoms with E-state index in [0.29, 0.717) is 4.34 Å². The van der Waals surface area contributed by atoms with E-state index in [0.717, 1.165) is 21.2 Å². The average molecular weight is 419 g/mol. The predicted molar refractivity (Wildman–Crippen MR) is 101 cm³/mol. The summed E-state index contributed by atoms with van der Waals surface area (Å²) < 4.78 is 39.5. The molecule has 1 aromatic heterocycles. The topological polar surface area (TPSA) is 66.5 Å². The zero-order valence-electron chi connectivity index (χ0n) is 14.6. The summed E-state index contributed by atoms with van der Waals surface area (Å²) in [6, 6.07) is 8.42. The minimum Gasteiger partial charge on any atom is -0.348 e. The second kappa shape index (κ2) is 8.47. The van der Waals surface area contributed by atoms with Crippen molar-refractivity contribution in [3.05, 3.63) is 52.1 Å². The lowest BCUT2D eigenvalue weighted by atomic mass is 9.96. The first kappa shape index (κ1) is 20.8. The van der Waals surface area contributed by atoms with Crippen LogP contribution < -0.4 is 5.32 Å². The van der Waals surface area contributed by atoms with Gasteiger partial charge in [0.05, 0.1) is 16.9 Å². The molecule has 1 atom stereocenters. The molecule has 9 heteroatoms. The summed E-state index contributed by atoms with van der Waals surface area (Å²) in [6.07, 6.45) is 0. The summed E-state index contributed by atoms with van der Waals surface area (Å²) >= 11 is 6.72. The van der Waals surface area contributed by atoms with E-state index in [1.807, 2.05) is 13.8 Å². The van der Waals surface area contributed by atoms with Crippen LogP contribution >= 0.6 is 22.9 Å². The Morgan fingerprint density at radius 1 is 1.23 bits per heavy atom. The number of likely N-dealkylation sites (N-methyl/N-ethyl adjacent to an activating group) is 1. The number of carbonyl (C=O) groups excluding carboxylic acids is 1. The zero-order valence-corrected chi connectivity index (χ0v) is 17.0. The molecule has 0 aliphatic rings. The average Bonchev–Trinajstić information content (AvgIpc) is 3.00. The molecule has 26 heavy (non-hydrogen) atoms. The molecule has 0 spiro atoms. The largest absolute Gasteiger partial charge is 0.348 e. The van der Waals surface area contributed by atoms with Crippen LogP contribution in [0.15, 0.2) is 40.6 Å². The molecule has 5 nitrogen and oxygen atoms in total. The predicted octanol–water partition coefficient (Wildman–Crippen LogP) is 3.67. The van der Waals surface area contributed by atoms with Crippen molar-refractivity contribution >= 4 is 38.9 Å². The van der Waals surface area contributed by atoms with Gasteiger partial charge in [0.25, 0.3) is 10.0 Å². The van der Waals surface area contributed by atoms with Gasteiger partial charge in [-0.25, -0.2) is 12.8 Å². The molecule has 2 rings (SSSR count). The van der Waals surface area contributed by atoms with Crippen LogP contribution in [0.5, 0.6) is 0 Å². The Bertz CT molecular complexity index is 866. The lowest BCUT2D eigenvalue weighted by Crippen LogP contribution is -2.40. The number of hydrogen-bond acceptors (Lipinski definition) is 4. The third-order valence-corrected chi connectivity index (χ3v) is 7.29. The molecule has 1 unspecified atom stereocenters. The number of rotatable bonds is 7. The van der Waals surface area contributed by atoms with Crippen LogP contribution in [-0.2, 0) is 14.8 Å². The van der Waals surface area contributed by atoms with Crippen LogP contribution in [0, 0.1) is 11.7 Å². The molecule has 1 amide bonds. The molecule has 1 heterocycles. The van der Waals surface area contributed by atoms with E-state index in [2.05, 4.69) is 5.32 Å². The molecule has 2 aromatic rings. The number of nitrogens with one attached hydrogen (secondary N) is 1. The number of thiophene rings is 1. The van der Waals surface area contributed by atoms with Gasteiger partial charge in [-0.3, -0.25) is 4.79 Å². The Morgan fingerprint density at radius 2 is 1.85 bits per heavy atom. The highest BCUT2D eigenvalue weighted by atomic mass is 35.5. The molecule has 1 N–H and O–H groups in total. The van der Waals surface area contributed by atoms with Crippen LogP contribution in [0.1, 0.15) is 25.5 Å². The van der Waals surface area contributed by atoms with Gasteiger partial charge in [0.15, 0.2) is 0 Å². The van der Waals surface area contributed by atoms with Crippen molar-refractivity contribution in [2.75, 3.05) is 13.6 Å². The van der Waals surface area contributed by atoms with Crippen molar-refractivity contribution in [2.45, 2.75) is 24.1 Å². The second-order valence-electron chi connectivity index (χ2n) is 6.16. The number of halogens is 2. The second-order valence-corrected chi connectivity index (χ2v) is 10.1. The van der Waals surface area contributed by atoms with Gasteiger partial charge in [-0.2, -0.15) is 4.31 Å². The van der Waals surface area contributed by atoms with Crippen molar-refractivity contribution in [2.24, 2.45) is 5.92 Å². The number of carbonyl (C=O) groups is 1. The molecule has 1 aromatic carbocycles. The molecule has 0 saturated heterocycles. The normalized spacial score (nSPS) is 13.2. The van der Waals surface area contributed by atoms with Gasteiger partial charge in [0.2, 0.25) is 5.91 Å². The fraction of sp³-hybridized carbons (Fsp3) is 0.353. The maximum Gasteiger partial charge on any atom is 0.252 e. The smallest absolute Gasteiger partial charge is 0.252 e. The van der Waals surface area contributed by atoms with E-state index in [1.165, 1.54) is 31.3 Å². The molecule has 142 valence electrons. The van der Waals surface area contributed by atoms with E-state index in [9.17, 15) is 17.6 Å². The van der Waals surface area contributed by atoms with Gasteiger partial charge in [-0.15, -0.1) is 11.3 Å². The monoisotopic (exact) mass is 418 g/mol. The first-order chi connectivity index (χ1) is 12.1. The Kier molecular flexibility index (Phi) is 6.79. The van der Waals surface area contributed by atoms with Crippen LogP contribution in [0.25, 0.3) is 0 Å². The van der Waals surface area contributed by atoms with E-state index in [1.54, 1.807) is 12.1 Å². The minimum absolute atomic E-state index is 0.0439. The molecule has 0 aliphatic carbocycles. The van der Waals surface area contributed by atoms with E-state index < -0.39 is 15.9 Å². The summed E-state index contributed by atoms with van der Waals surface area (Å²) in [4.78, 5) is 12.4. The Hall–Kier alpha value is -1.48. The van der Waals surface area contributed by atoms with Crippen molar-refractivity contribution < 1.29 is 17.6 Å². The molecule has 0 fully saturated rings. The fourth-order valence-corrected chi connectivity index (χ4v) is 5.22. The van der Waals surface area contributed by atoms with Crippen LogP contribution in [0.3, 0.4) is 0 Å². The lowest BCUT2D eigenvalue weighted by molar-refractivity contribution is -0.122. The molecular formula is C17H20ClFN2O3S2. The standard InChI is InChI=1S/C17H20ClFN2O3S2/c1-11(2)17(12-4-6-13(19)7-5-12)20-15(22)10-21(3)26(23,24)16-9-8-14(18)25-16/h4-9,11,17H,10H2,1-3H3,(H,20,22). The quantitative estimate of drug-likeness (QED) is 0.745. The van der Waals surface area contributed by atoms with E-state index in [-0.39, 0.29) is 28.5 Å². The van der Waals surface area contributed by atoms with Crippen LogP contribution in [0.4, 0.5) is 4.39 Å². The van der Waals surface area contributed by atoms with Crippen LogP contribution in [0.2, 0.25) is 4.34 Å². The summed E-state index contributed by atoms with van der Waals surface area (Å²) in [6.45, 7) is 3.51. The summed E-state index contributed by atoms with van der Waals surface area (Å²) in [5, 5.41) is 2.82. The SMILES string of the molecule is CC(C)C(NC(=O)CN(C)S(=O)(=O)c1ccc(Cl)s1)c1ccc(F)cc1. The van der Waals surface area contributed by atoms with Crippen molar-refractivity contribution in [3.8, 4) is 0 Å². The van der Waals surface area contributed by atoms with Gasteiger partial charge >= 0.3 is 0 Å². The minimum atomic E-state index is -3.78. The molecule has 0 bridgehead atoms. The van der Waals surface area contributed by atoms with Crippen molar-refractivity contribution in [3.63, 3.8) is 0 Å². The van der Waals surface area contributed by atoms with E-state index >= 15 is 0 Å². The number of nitrogens with zero attached hydrogens (tertiary/aromatic N) is 1. The highest BCUT2D eigenvalue weighted by Gasteiger charge is 2.26. The lowest BCUT2D eigenvalue weighted by Gasteiger charge is -2.24. The van der Waals surface area contributed by atoms with Crippen molar-refractivity contribution in [1.82, 2.24) is 9.62 Å². The summed E-state index contributed by atoms with van der Waals surface area (Å²) in [7, 11) is -2.44. The Balaban J connectivity index is 2.09.